The van der Waals surface area contributed by atoms with E-state index in [2.05, 4.69) is 5.04 Å². The second-order valence-electron chi connectivity index (χ2n) is 0.0816. The van der Waals surface area contributed by atoms with Gasteiger partial charge in [-0.15, -0.1) is 0 Å². The van der Waals surface area contributed by atoms with Gasteiger partial charge in [-0.1, -0.05) is 5.04 Å². The zero-order valence-corrected chi connectivity index (χ0v) is 8.53. The van der Waals surface area contributed by atoms with Gasteiger partial charge < -0.3 is 0 Å². The average Bonchev–Trinajstić information content (AvgIpc) is 0.918. The molecule has 0 unspecified atom stereocenters. The van der Waals surface area contributed by atoms with E-state index in [1.807, 2.05) is 0 Å². The van der Waals surface area contributed by atoms with E-state index in [-0.39, 0.29) is 49.8 Å². The molecule has 0 aromatic heterocycles. The van der Waals surface area contributed by atoms with Gasteiger partial charge in [-0.3, -0.25) is 0 Å². The summed E-state index contributed by atoms with van der Waals surface area (Å²) in [6, 6.07) is 0. The van der Waals surface area contributed by atoms with Crippen molar-refractivity contribution in [3.63, 3.8) is 0 Å². The quantitative estimate of drug-likeness (QED) is 0.347. The van der Waals surface area contributed by atoms with Crippen LogP contribution in [0.4, 0.5) is 0 Å². The fourth-order valence-corrected chi connectivity index (χ4v) is 0. The summed E-state index contributed by atoms with van der Waals surface area (Å²) >= 11 is 0. The Morgan fingerprint density at radius 1 is 1.20 bits per heavy atom. The van der Waals surface area contributed by atoms with Gasteiger partial charge in [-0.2, -0.15) is 0 Å². The molecule has 0 rings (SSSR count). The summed E-state index contributed by atoms with van der Waals surface area (Å²) < 4.78 is 0. The molecule has 0 aromatic carbocycles. The minimum absolute atomic E-state index is 0. The van der Waals surface area contributed by atoms with Crippen molar-refractivity contribution in [2.45, 2.75) is 0 Å². The molecule has 5 heteroatoms. The van der Waals surface area contributed by atoms with E-state index in [0.29, 0.717) is 0 Å². The van der Waals surface area contributed by atoms with Crippen LogP contribution >= 0.6 is 0 Å². The summed E-state index contributed by atoms with van der Waals surface area (Å²) in [5.41, 5.74) is 0. The van der Waals surface area contributed by atoms with Gasteiger partial charge in [-0.25, -0.2) is 10.5 Å². The average molecular weight is 284 g/mol. The van der Waals surface area contributed by atoms with E-state index >= 15 is 0 Å². The third-order valence-corrected chi connectivity index (χ3v) is 0. The van der Waals surface area contributed by atoms with Crippen LogP contribution in [0.3, 0.4) is 0 Å². The molecule has 0 bridgehead atoms. The Balaban J connectivity index is -0.0000000200. The largest absolute Gasteiger partial charge is 0.221 e. The molecule has 0 saturated carbocycles. The second-order valence-corrected chi connectivity index (χ2v) is 0.0816. The number of hydrogen-bond donors (Lipinski definition) is 2. The van der Waals surface area contributed by atoms with Crippen LogP contribution in [0.1, 0.15) is 0 Å². The summed E-state index contributed by atoms with van der Waals surface area (Å²) in [6.45, 7) is 0. The molecule has 2 N–H and O–H groups in total. The Morgan fingerprint density at radius 3 is 1.20 bits per heavy atom. The third-order valence-electron chi connectivity index (χ3n) is 0. The first-order valence-corrected chi connectivity index (χ1v) is 0.365. The molecule has 27 valence electrons. The second kappa shape index (κ2) is 17.7. The van der Waals surface area contributed by atoms with E-state index in [9.17, 15) is 0 Å². The smallest absolute Gasteiger partial charge is 0 e. The first-order valence-electron chi connectivity index (χ1n) is 0.365. The molecule has 0 aliphatic carbocycles. The summed E-state index contributed by atoms with van der Waals surface area (Å²) in [6.07, 6.45) is 0. The third kappa shape index (κ3) is 29.1. The van der Waals surface area contributed by atoms with Crippen LogP contribution in [-0.2, 0) is 5.04 Å². The molecule has 0 aliphatic rings. The van der Waals surface area contributed by atoms with Gasteiger partial charge in [0.2, 0.25) is 0 Å². The summed E-state index contributed by atoms with van der Waals surface area (Å²) in [4.78, 5) is 0. The molecule has 0 heterocycles. The minimum Gasteiger partial charge on any atom is -0.221 e. The normalized spacial score (nSPS) is 3.60. The zero-order valence-electron chi connectivity index (χ0n) is 2.38. The Hall–Kier alpha value is 1.55. The van der Waals surface area contributed by atoms with Crippen LogP contribution in [0.5, 0.6) is 0 Å². The van der Waals surface area contributed by atoms with Crippen molar-refractivity contribution in [3.8, 4) is 0 Å². The first kappa shape index (κ1) is 16.0. The van der Waals surface area contributed by atoms with Gasteiger partial charge in [-0.05, 0) is 0 Å². The Bertz CT molecular complexity index is 6.85. The number of rotatable bonds is 0. The van der Waals surface area contributed by atoms with E-state index < -0.39 is 0 Å². The zero-order chi connectivity index (χ0) is 2.71. The van der Waals surface area contributed by atoms with Crippen molar-refractivity contribution < 1.29 is 15.6 Å². The molecule has 0 saturated heterocycles. The molecule has 0 atom stereocenters. The van der Waals surface area contributed by atoms with E-state index in [4.69, 9.17) is 10.5 Å². The van der Waals surface area contributed by atoms with Crippen LogP contribution in [0.25, 0.3) is 0 Å². The van der Waals surface area contributed by atoms with Gasteiger partial charge in [0.25, 0.3) is 0 Å². The van der Waals surface area contributed by atoms with Gasteiger partial charge in [0, 0.05) is 49.8 Å². The molecule has 7 radical (unpaired) electrons. The van der Waals surface area contributed by atoms with E-state index in [0.717, 1.165) is 0 Å². The predicted molar refractivity (Wildman–Crippen MR) is 17.9 cm³/mol. The molecule has 5 heavy (non-hydrogen) atoms. The number of hydrogen-bond acceptors (Lipinski definition) is 3. The van der Waals surface area contributed by atoms with E-state index in [1.54, 1.807) is 0 Å². The molecular formula is H2InO3Sn. The van der Waals surface area contributed by atoms with Crippen molar-refractivity contribution in [1.29, 1.82) is 0 Å². The van der Waals surface area contributed by atoms with Crippen LogP contribution in [0.2, 0.25) is 0 Å². The van der Waals surface area contributed by atoms with Crippen molar-refractivity contribution in [1.82, 2.24) is 0 Å². The Labute approximate surface area is 64.9 Å². The SMILES string of the molecule is OOO.[In].[Sn]. The maximum Gasteiger partial charge on any atom is 0 e. The summed E-state index contributed by atoms with van der Waals surface area (Å²) in [5.74, 6) is 0. The topological polar surface area (TPSA) is 49.7 Å². The molecule has 3 nitrogen and oxygen atoms in total. The fraction of sp³-hybridized carbons (Fsp3) is 0. The van der Waals surface area contributed by atoms with Crippen molar-refractivity contribution in [2.24, 2.45) is 0 Å². The van der Waals surface area contributed by atoms with Crippen LogP contribution in [-0.4, -0.2) is 60.3 Å². The molecule has 0 fully saturated rings. The summed E-state index contributed by atoms with van der Waals surface area (Å²) in [7, 11) is 0. The fourth-order valence-electron chi connectivity index (χ4n) is 0. The van der Waals surface area contributed by atoms with Crippen LogP contribution < -0.4 is 0 Å². The van der Waals surface area contributed by atoms with Gasteiger partial charge in [0.1, 0.15) is 0 Å². The maximum atomic E-state index is 6.62. The van der Waals surface area contributed by atoms with E-state index in [1.165, 1.54) is 0 Å². The van der Waals surface area contributed by atoms with Crippen LogP contribution in [0, 0.1) is 0 Å². The van der Waals surface area contributed by atoms with Crippen LogP contribution in [0.15, 0.2) is 0 Å². The minimum atomic E-state index is 0. The molecular weight excluding hydrogens is 282 g/mol. The Morgan fingerprint density at radius 2 is 1.20 bits per heavy atom. The predicted octanol–water partition coefficient (Wildman–Crippen LogP) is -0.813. The Kier molecular flexibility index (Phi) is 56.6. The van der Waals surface area contributed by atoms with Gasteiger partial charge >= 0.3 is 0 Å². The monoisotopic (exact) mass is 285 g/mol. The summed E-state index contributed by atoms with van der Waals surface area (Å²) in [5, 5.41) is 15.5. The standard InChI is InChI=1S/In.H2O3.Sn/c;1-3-2;/h;1-2H;. The first-order chi connectivity index (χ1) is 1.41. The molecule has 0 amide bonds. The van der Waals surface area contributed by atoms with Gasteiger partial charge in [0.05, 0.1) is 0 Å². The van der Waals surface area contributed by atoms with Crippen molar-refractivity contribution in [2.75, 3.05) is 0 Å². The van der Waals surface area contributed by atoms with Gasteiger partial charge in [0.15, 0.2) is 0 Å². The van der Waals surface area contributed by atoms with Crippen molar-refractivity contribution >= 4 is 49.8 Å². The maximum absolute atomic E-state index is 6.62. The molecule has 0 spiro atoms. The molecule has 0 aliphatic heterocycles. The molecule has 0 aromatic rings. The van der Waals surface area contributed by atoms with Crippen molar-refractivity contribution in [3.05, 3.63) is 0 Å².